The molecule has 0 atom stereocenters. The molecule has 0 rings (SSSR count). The van der Waals surface area contributed by atoms with Crippen LogP contribution in [0, 0.1) is 31.1 Å². The molecule has 0 unspecified atom stereocenters. The summed E-state index contributed by atoms with van der Waals surface area (Å²) in [5, 5.41) is 0. The first-order valence-corrected chi connectivity index (χ1v) is 0. The van der Waals surface area contributed by atoms with Gasteiger partial charge in [-0.2, -0.15) is 0 Å². The molecule has 0 saturated heterocycles. The molecule has 52 valence electrons. The van der Waals surface area contributed by atoms with Crippen LogP contribution >= 0.6 is 0 Å². The largest absolute Gasteiger partial charge is 2.00 e. The zero-order valence-corrected chi connectivity index (χ0v) is 7.39. The fourth-order valence-corrected chi connectivity index (χ4v) is 0. The Morgan fingerprint density at radius 1 is 0.429 bits per heavy atom. The molecule has 0 aliphatic heterocycles. The molecule has 0 aliphatic rings. The third-order valence-corrected chi connectivity index (χ3v) is 0. The van der Waals surface area contributed by atoms with E-state index < -0.39 is 0 Å². The maximum Gasteiger partial charge on any atom is 0 e. The smallest absolute Gasteiger partial charge is 0 e. The van der Waals surface area contributed by atoms with E-state index in [0.717, 1.165) is 0 Å². The molecule has 0 aromatic carbocycles. The second-order valence-electron chi connectivity index (χ2n) is 0. The predicted molar refractivity (Wildman–Crippen MR) is 12.9 cm³/mol. The maximum atomic E-state index is 0. The molecular formula is H6O6U-6. The summed E-state index contributed by atoms with van der Waals surface area (Å²) in [7, 11) is 0. The molecule has 0 aliphatic carbocycles. The van der Waals surface area contributed by atoms with Crippen molar-refractivity contribution in [3.8, 4) is 0 Å². The van der Waals surface area contributed by atoms with Crippen LogP contribution in [0.25, 0.3) is 0 Å². The SMILES string of the molecule is O.O.O.[O-2].[O-2].[O-2].[U]. The van der Waals surface area contributed by atoms with Gasteiger partial charge in [0.15, 0.2) is 0 Å². The summed E-state index contributed by atoms with van der Waals surface area (Å²) in [5.41, 5.74) is 0. The summed E-state index contributed by atoms with van der Waals surface area (Å²) in [6.45, 7) is 0. The molecule has 0 bridgehead atoms. The Bertz CT molecular complexity index is 4.14. The van der Waals surface area contributed by atoms with Gasteiger partial charge in [-0.1, -0.05) is 0 Å². The molecule has 0 radical (unpaired) electrons. The first-order chi connectivity index (χ1) is 0. The van der Waals surface area contributed by atoms with E-state index in [1.165, 1.54) is 0 Å². The van der Waals surface area contributed by atoms with Crippen molar-refractivity contribution in [3.63, 3.8) is 0 Å². The minimum atomic E-state index is 0. The van der Waals surface area contributed by atoms with Crippen LogP contribution in [-0.4, -0.2) is 16.4 Å². The standard InChI is InChI=1S/3H2O.3O.U/h3*1H2;;;;/q;;;3*-2;. The van der Waals surface area contributed by atoms with Gasteiger partial charge in [-0.15, -0.1) is 0 Å². The van der Waals surface area contributed by atoms with E-state index in [0.29, 0.717) is 0 Å². The third kappa shape index (κ3) is 239. The van der Waals surface area contributed by atoms with Gasteiger partial charge < -0.3 is 32.9 Å². The molecular weight excluding hydrogens is 334 g/mol. The van der Waals surface area contributed by atoms with Crippen molar-refractivity contribution in [1.29, 1.82) is 0 Å². The molecule has 0 spiro atoms. The fourth-order valence-electron chi connectivity index (χ4n) is 0. The van der Waals surface area contributed by atoms with Gasteiger partial charge in [0.1, 0.15) is 0 Å². The fraction of sp³-hybridized carbons (Fsp3) is 0. The van der Waals surface area contributed by atoms with Gasteiger partial charge in [0, 0.05) is 31.1 Å². The molecule has 0 amide bonds. The van der Waals surface area contributed by atoms with Gasteiger partial charge in [0.2, 0.25) is 0 Å². The predicted octanol–water partition coefficient (Wildman–Crippen LogP) is -2.83. The molecule has 0 saturated carbocycles. The van der Waals surface area contributed by atoms with Crippen LogP contribution in [0.3, 0.4) is 0 Å². The summed E-state index contributed by atoms with van der Waals surface area (Å²) >= 11 is 0. The maximum absolute atomic E-state index is 0. The van der Waals surface area contributed by atoms with E-state index in [9.17, 15) is 0 Å². The molecule has 7 heavy (non-hydrogen) atoms. The van der Waals surface area contributed by atoms with Crippen molar-refractivity contribution >= 4 is 0 Å². The Labute approximate surface area is 64.1 Å². The Balaban J connectivity index is 0. The van der Waals surface area contributed by atoms with Crippen LogP contribution in [-0.2, 0) is 16.4 Å². The van der Waals surface area contributed by atoms with Crippen LogP contribution in [0.1, 0.15) is 0 Å². The molecule has 0 heterocycles. The Morgan fingerprint density at radius 3 is 0.429 bits per heavy atom. The van der Waals surface area contributed by atoms with Gasteiger partial charge in [-0.05, 0) is 0 Å². The monoisotopic (exact) mass is 340 g/mol. The molecule has 7 heteroatoms. The second-order valence-corrected chi connectivity index (χ2v) is 0. The van der Waals surface area contributed by atoms with Crippen LogP contribution in [0.15, 0.2) is 0 Å². The average Bonchev–Trinajstić information content (AvgIpc) is 0. The first-order valence-electron chi connectivity index (χ1n) is 0. The van der Waals surface area contributed by atoms with Crippen LogP contribution < -0.4 is 0 Å². The van der Waals surface area contributed by atoms with Crippen molar-refractivity contribution in [2.75, 3.05) is 0 Å². The van der Waals surface area contributed by atoms with Crippen molar-refractivity contribution in [3.05, 3.63) is 0 Å². The van der Waals surface area contributed by atoms with Crippen molar-refractivity contribution in [1.82, 2.24) is 0 Å². The molecule has 6 nitrogen and oxygen atoms in total. The van der Waals surface area contributed by atoms with Gasteiger partial charge in [-0.25, -0.2) is 0 Å². The Morgan fingerprint density at radius 2 is 0.429 bits per heavy atom. The summed E-state index contributed by atoms with van der Waals surface area (Å²) < 4.78 is 0. The van der Waals surface area contributed by atoms with E-state index in [1.54, 1.807) is 0 Å². The Hall–Kier alpha value is 0.812. The zero-order chi connectivity index (χ0) is 0. The van der Waals surface area contributed by atoms with E-state index >= 15 is 0 Å². The summed E-state index contributed by atoms with van der Waals surface area (Å²) in [4.78, 5) is 0. The summed E-state index contributed by atoms with van der Waals surface area (Å²) in [6, 6.07) is 0. The molecule has 0 fully saturated rings. The van der Waals surface area contributed by atoms with Crippen LogP contribution in [0.2, 0.25) is 0 Å². The van der Waals surface area contributed by atoms with Gasteiger partial charge in [-0.3, -0.25) is 0 Å². The zero-order valence-electron chi connectivity index (χ0n) is 3.22. The van der Waals surface area contributed by atoms with Crippen LogP contribution in [0.4, 0.5) is 0 Å². The van der Waals surface area contributed by atoms with E-state index in [-0.39, 0.29) is 64.0 Å². The quantitative estimate of drug-likeness (QED) is 0.441. The van der Waals surface area contributed by atoms with E-state index in [2.05, 4.69) is 0 Å². The first kappa shape index (κ1) is 550. The van der Waals surface area contributed by atoms with Gasteiger partial charge in [0.05, 0.1) is 0 Å². The van der Waals surface area contributed by atoms with Gasteiger partial charge in [0.25, 0.3) is 0 Å². The average molecular weight is 340 g/mol. The summed E-state index contributed by atoms with van der Waals surface area (Å²) in [5.74, 6) is 0. The molecule has 6 N–H and O–H groups in total. The number of hydrogen-bond acceptors (Lipinski definition) is 0. The minimum Gasteiger partial charge on any atom is -2.00 e. The van der Waals surface area contributed by atoms with E-state index in [4.69, 9.17) is 0 Å². The minimum absolute atomic E-state index is 0. The van der Waals surface area contributed by atoms with Gasteiger partial charge >= 0.3 is 0 Å². The van der Waals surface area contributed by atoms with Crippen molar-refractivity contribution in [2.24, 2.45) is 0 Å². The molecule has 0 aromatic heterocycles. The number of rotatable bonds is 0. The van der Waals surface area contributed by atoms with Crippen LogP contribution in [0.5, 0.6) is 0 Å². The topological polar surface area (TPSA) is 180 Å². The Kier molecular flexibility index (Phi) is 27400. The van der Waals surface area contributed by atoms with Crippen molar-refractivity contribution in [2.45, 2.75) is 0 Å². The second kappa shape index (κ2) is 349. The number of hydrogen-bond donors (Lipinski definition) is 0. The van der Waals surface area contributed by atoms with E-state index in [1.807, 2.05) is 0 Å². The summed E-state index contributed by atoms with van der Waals surface area (Å²) in [6.07, 6.45) is 0. The van der Waals surface area contributed by atoms with Crippen molar-refractivity contribution < 1.29 is 64.0 Å². The third-order valence-electron chi connectivity index (χ3n) is 0. The molecule has 0 aromatic rings. The normalized spacial score (nSPS) is 0.